The fourth-order valence-electron chi connectivity index (χ4n) is 7.23. The number of pyridine rings is 1. The van der Waals surface area contributed by atoms with Crippen LogP contribution < -0.4 is 15.0 Å². The van der Waals surface area contributed by atoms with Crippen LogP contribution in [0.15, 0.2) is 42.6 Å². The molecule has 0 unspecified atom stereocenters. The molecule has 2 atom stereocenters. The average Bonchev–Trinajstić information content (AvgIpc) is 3.70. The topological polar surface area (TPSA) is 86.6 Å². The van der Waals surface area contributed by atoms with Crippen molar-refractivity contribution in [2.24, 2.45) is 5.41 Å². The van der Waals surface area contributed by atoms with Crippen LogP contribution in [0.1, 0.15) is 38.5 Å². The molecule has 2 aromatic carbocycles. The van der Waals surface area contributed by atoms with Gasteiger partial charge in [-0.1, -0.05) is 24.3 Å². The maximum absolute atomic E-state index is 16.6. The first-order valence-corrected chi connectivity index (χ1v) is 15.6. The van der Waals surface area contributed by atoms with E-state index in [1.807, 2.05) is 24.3 Å². The van der Waals surface area contributed by atoms with Gasteiger partial charge in [0.15, 0.2) is 5.82 Å². The van der Waals surface area contributed by atoms with Crippen LogP contribution in [0.25, 0.3) is 32.9 Å². The molecule has 0 amide bonds. The van der Waals surface area contributed by atoms with Crippen LogP contribution in [-0.4, -0.2) is 82.3 Å². The molecule has 8 nitrogen and oxygen atoms in total. The van der Waals surface area contributed by atoms with E-state index >= 15 is 4.39 Å². The maximum atomic E-state index is 16.6. The minimum Gasteiger partial charge on any atom is -0.508 e. The van der Waals surface area contributed by atoms with Crippen molar-refractivity contribution >= 4 is 27.5 Å². The van der Waals surface area contributed by atoms with Gasteiger partial charge in [0.25, 0.3) is 5.92 Å². The number of fused-ring (bicyclic) bond motifs is 4. The predicted molar refractivity (Wildman–Crippen MR) is 162 cm³/mol. The third-order valence-corrected chi connectivity index (χ3v) is 9.87. The van der Waals surface area contributed by atoms with Crippen LogP contribution in [0.4, 0.5) is 19.0 Å². The number of phenolic OH excluding ortho intramolecular Hbond substituents is 1. The van der Waals surface area contributed by atoms with Gasteiger partial charge in [0, 0.05) is 74.8 Å². The summed E-state index contributed by atoms with van der Waals surface area (Å²) in [4.78, 5) is 18.3. The van der Waals surface area contributed by atoms with Gasteiger partial charge < -0.3 is 25.0 Å². The van der Waals surface area contributed by atoms with Crippen molar-refractivity contribution in [3.05, 3.63) is 48.4 Å². The van der Waals surface area contributed by atoms with Gasteiger partial charge in [-0.25, -0.2) is 13.2 Å². The third-order valence-electron chi connectivity index (χ3n) is 9.87. The Bertz CT molecular complexity index is 1730. The van der Waals surface area contributed by atoms with Crippen LogP contribution in [0.3, 0.4) is 0 Å². The number of hydrogen-bond donors (Lipinski definition) is 2. The number of likely N-dealkylation sites (tertiary alicyclic amines) is 1. The summed E-state index contributed by atoms with van der Waals surface area (Å²) in [6.45, 7) is 3.27. The zero-order chi connectivity index (χ0) is 30.1. The van der Waals surface area contributed by atoms with Crippen LogP contribution in [-0.2, 0) is 0 Å². The summed E-state index contributed by atoms with van der Waals surface area (Å²) < 4.78 is 50.2. The number of anilines is 1. The highest BCUT2D eigenvalue weighted by Crippen LogP contribution is 2.47. The van der Waals surface area contributed by atoms with Crippen molar-refractivity contribution in [3.63, 3.8) is 0 Å². The second-order valence-corrected chi connectivity index (χ2v) is 13.2. The lowest BCUT2D eigenvalue weighted by Crippen LogP contribution is -2.51. The molecule has 2 aromatic heterocycles. The minimum absolute atomic E-state index is 0.0239. The number of phenols is 1. The number of piperidine rings is 1. The molecule has 2 bridgehead atoms. The van der Waals surface area contributed by atoms with E-state index < -0.39 is 11.7 Å². The number of rotatable bonds is 7. The molecular weight excluding hydrogens is 569 g/mol. The lowest BCUT2D eigenvalue weighted by molar-refractivity contribution is -0.0591. The molecule has 8 rings (SSSR count). The monoisotopic (exact) mass is 604 g/mol. The van der Waals surface area contributed by atoms with Gasteiger partial charge >= 0.3 is 6.01 Å². The number of halogens is 3. The Morgan fingerprint density at radius 2 is 1.73 bits per heavy atom. The smallest absolute Gasteiger partial charge is 0.319 e. The fraction of sp³-hybridized carbons (Fsp3) is 0.485. The molecule has 0 radical (unpaired) electrons. The molecular formula is C33H35F3N6O2. The number of hydrogen-bond acceptors (Lipinski definition) is 8. The predicted octanol–water partition coefficient (Wildman–Crippen LogP) is 5.52. The summed E-state index contributed by atoms with van der Waals surface area (Å²) >= 11 is 0. The average molecular weight is 605 g/mol. The third kappa shape index (κ3) is 5.19. The van der Waals surface area contributed by atoms with Gasteiger partial charge in [-0.3, -0.25) is 4.98 Å². The molecule has 5 heterocycles. The van der Waals surface area contributed by atoms with E-state index in [0.717, 1.165) is 49.5 Å². The first-order chi connectivity index (χ1) is 21.2. The number of alkyl halides is 2. The number of aromatic nitrogens is 3. The first kappa shape index (κ1) is 27.8. The van der Waals surface area contributed by atoms with E-state index in [9.17, 15) is 13.9 Å². The Morgan fingerprint density at radius 3 is 2.48 bits per heavy atom. The number of aromatic hydroxyl groups is 1. The molecule has 1 aliphatic carbocycles. The Labute approximate surface area is 253 Å². The van der Waals surface area contributed by atoms with Crippen molar-refractivity contribution in [1.29, 1.82) is 0 Å². The maximum Gasteiger partial charge on any atom is 0.319 e. The minimum atomic E-state index is -2.58. The van der Waals surface area contributed by atoms with Crippen molar-refractivity contribution in [1.82, 2.24) is 25.2 Å². The van der Waals surface area contributed by atoms with Gasteiger partial charge in [-0.05, 0) is 48.6 Å². The number of piperazine rings is 1. The lowest BCUT2D eigenvalue weighted by Gasteiger charge is -2.34. The van der Waals surface area contributed by atoms with Gasteiger partial charge in [0.2, 0.25) is 0 Å². The molecule has 4 fully saturated rings. The molecule has 3 aliphatic heterocycles. The zero-order valence-corrected chi connectivity index (χ0v) is 24.4. The van der Waals surface area contributed by atoms with Crippen LogP contribution in [0.2, 0.25) is 0 Å². The van der Waals surface area contributed by atoms with Crippen LogP contribution in [0.5, 0.6) is 11.8 Å². The summed E-state index contributed by atoms with van der Waals surface area (Å²) in [6, 6.07) is 11.4. The Morgan fingerprint density at radius 1 is 0.977 bits per heavy atom. The van der Waals surface area contributed by atoms with Crippen molar-refractivity contribution in [3.8, 4) is 23.0 Å². The lowest BCUT2D eigenvalue weighted by atomic mass is 10.00. The van der Waals surface area contributed by atoms with Crippen LogP contribution >= 0.6 is 0 Å². The second-order valence-electron chi connectivity index (χ2n) is 13.2. The number of benzene rings is 2. The molecule has 230 valence electrons. The SMILES string of the molecule is Oc1cc(-c2ncc3c(N4C[C@H]5CC[C@@H](C4)N5)nc(OCC4(CN5CCC(F)(F)CC5)CC4)nc3c2F)c2ccccc2c1. The van der Waals surface area contributed by atoms with E-state index in [0.29, 0.717) is 55.1 Å². The molecule has 2 N–H and O–H groups in total. The summed E-state index contributed by atoms with van der Waals surface area (Å²) in [7, 11) is 0. The Balaban J connectivity index is 1.15. The summed E-state index contributed by atoms with van der Waals surface area (Å²) in [5.74, 6) is -2.55. The summed E-state index contributed by atoms with van der Waals surface area (Å²) in [6.07, 6.45) is 5.45. The van der Waals surface area contributed by atoms with Gasteiger partial charge in [-0.15, -0.1) is 0 Å². The Hall–Kier alpha value is -3.70. The second kappa shape index (κ2) is 10.4. The normalized spacial score (nSPS) is 24.2. The van der Waals surface area contributed by atoms with Gasteiger partial charge in [0.05, 0.1) is 12.0 Å². The fourth-order valence-corrected chi connectivity index (χ4v) is 7.23. The molecule has 4 aliphatic rings. The zero-order valence-electron chi connectivity index (χ0n) is 24.4. The van der Waals surface area contributed by atoms with Gasteiger partial charge in [0.1, 0.15) is 22.8 Å². The van der Waals surface area contributed by atoms with E-state index in [2.05, 4.69) is 25.1 Å². The van der Waals surface area contributed by atoms with Gasteiger partial charge in [-0.2, -0.15) is 9.97 Å². The number of nitrogens with zero attached hydrogens (tertiary/aromatic N) is 5. The van der Waals surface area contributed by atoms with Crippen molar-refractivity contribution < 1.29 is 23.0 Å². The standard InChI is InChI=1S/C33H35F3N6O2/c34-27-28(25-14-23(43)13-20-3-1-2-4-24(20)25)37-15-26-29(27)39-31(40-30(26)42-16-21-5-6-22(17-42)38-21)44-19-32(7-8-32)18-41-11-9-33(35,36)10-12-41/h1-4,13-15,21-22,38,43H,5-12,16-19H2/t21-,22+. The van der Waals surface area contributed by atoms with E-state index in [1.165, 1.54) is 6.07 Å². The Kier molecular flexibility index (Phi) is 6.60. The van der Waals surface area contributed by atoms with Crippen LogP contribution in [0, 0.1) is 11.2 Å². The molecule has 0 spiro atoms. The molecule has 4 aromatic rings. The molecule has 44 heavy (non-hydrogen) atoms. The van der Waals surface area contributed by atoms with E-state index in [1.54, 1.807) is 12.3 Å². The van der Waals surface area contributed by atoms with E-state index in [-0.39, 0.29) is 41.2 Å². The number of nitrogens with one attached hydrogen (secondary N) is 1. The van der Waals surface area contributed by atoms with E-state index in [4.69, 9.17) is 9.72 Å². The van der Waals surface area contributed by atoms with Crippen molar-refractivity contribution in [2.75, 3.05) is 44.2 Å². The molecule has 3 saturated heterocycles. The molecule has 1 saturated carbocycles. The summed E-state index contributed by atoms with van der Waals surface area (Å²) in [5, 5.41) is 16.1. The number of ether oxygens (including phenoxy) is 1. The first-order valence-electron chi connectivity index (χ1n) is 15.6. The largest absolute Gasteiger partial charge is 0.508 e. The summed E-state index contributed by atoms with van der Waals surface area (Å²) in [5.41, 5.74) is 0.561. The quantitative estimate of drug-likeness (QED) is 0.285. The highest BCUT2D eigenvalue weighted by Gasteiger charge is 2.46. The molecule has 11 heteroatoms. The van der Waals surface area contributed by atoms with Crippen molar-refractivity contribution in [2.45, 2.75) is 56.5 Å². The highest BCUT2D eigenvalue weighted by molar-refractivity contribution is 5.99. The highest BCUT2D eigenvalue weighted by atomic mass is 19.3.